The first kappa shape index (κ1) is 17.7. The lowest BCUT2D eigenvalue weighted by atomic mass is 9.99. The van der Waals surface area contributed by atoms with Gasteiger partial charge in [-0.15, -0.1) is 4.36 Å². The van der Waals surface area contributed by atoms with Gasteiger partial charge in [-0.1, -0.05) is 6.07 Å². The Bertz CT molecular complexity index is 1070. The number of rotatable bonds is 2. The monoisotopic (exact) mass is 401 g/mol. The van der Waals surface area contributed by atoms with Gasteiger partial charge in [0.2, 0.25) is 5.88 Å². The number of hydrogen-bond donors (Lipinski definition) is 2. The van der Waals surface area contributed by atoms with Gasteiger partial charge in [0.25, 0.3) is 0 Å². The number of nitrogens with one attached hydrogen (secondary N) is 1. The number of aromatic nitrogens is 2. The van der Waals surface area contributed by atoms with E-state index in [4.69, 9.17) is 9.88 Å². The molecule has 2 amide bonds. The number of ether oxygens (including phenoxy) is 1. The van der Waals surface area contributed by atoms with Gasteiger partial charge < -0.3 is 10.1 Å². The summed E-state index contributed by atoms with van der Waals surface area (Å²) in [5.41, 5.74) is 5.87. The number of anilines is 1. The van der Waals surface area contributed by atoms with Crippen molar-refractivity contribution >= 4 is 21.6 Å². The van der Waals surface area contributed by atoms with Crippen LogP contribution in [0.3, 0.4) is 0 Å². The Balaban J connectivity index is 1.49. The van der Waals surface area contributed by atoms with Crippen LogP contribution in [0.15, 0.2) is 21.5 Å². The van der Waals surface area contributed by atoms with Crippen LogP contribution in [0, 0.1) is 0 Å². The predicted octanol–water partition coefficient (Wildman–Crippen LogP) is 2.58. The molecule has 0 radical (unpaired) electrons. The van der Waals surface area contributed by atoms with Crippen LogP contribution in [0.1, 0.15) is 41.5 Å². The number of amides is 2. The molecule has 9 heteroatoms. The van der Waals surface area contributed by atoms with Gasteiger partial charge >= 0.3 is 6.03 Å². The Labute approximate surface area is 163 Å². The lowest BCUT2D eigenvalue weighted by Crippen LogP contribution is -2.21. The molecule has 0 saturated carbocycles. The highest BCUT2D eigenvalue weighted by Crippen LogP contribution is 2.38. The molecule has 5 rings (SSSR count). The van der Waals surface area contributed by atoms with Crippen molar-refractivity contribution in [3.05, 3.63) is 34.5 Å². The summed E-state index contributed by atoms with van der Waals surface area (Å²) in [6.07, 6.45) is 8.35. The molecular formula is C19H23N5O3S. The lowest BCUT2D eigenvalue weighted by Gasteiger charge is -2.16. The number of carbonyl (C=O) groups is 1. The molecule has 2 aromatic rings. The van der Waals surface area contributed by atoms with E-state index < -0.39 is 15.9 Å². The fourth-order valence-corrected chi connectivity index (χ4v) is 5.52. The Morgan fingerprint density at radius 1 is 1.18 bits per heavy atom. The van der Waals surface area contributed by atoms with Crippen molar-refractivity contribution in [2.75, 3.05) is 11.9 Å². The molecule has 1 aromatic heterocycles. The zero-order chi connectivity index (χ0) is 19.3. The summed E-state index contributed by atoms with van der Waals surface area (Å²) in [5.74, 6) is 0.344. The van der Waals surface area contributed by atoms with Crippen LogP contribution in [0.5, 0.6) is 5.88 Å². The van der Waals surface area contributed by atoms with E-state index in [-0.39, 0.29) is 4.90 Å². The van der Waals surface area contributed by atoms with Crippen molar-refractivity contribution in [1.29, 1.82) is 0 Å². The van der Waals surface area contributed by atoms with Crippen molar-refractivity contribution in [2.24, 2.45) is 9.50 Å². The van der Waals surface area contributed by atoms with Gasteiger partial charge in [0.15, 0.2) is 9.92 Å². The molecule has 1 aromatic carbocycles. The van der Waals surface area contributed by atoms with Gasteiger partial charge in [0.1, 0.15) is 4.90 Å². The van der Waals surface area contributed by atoms with Gasteiger partial charge in [-0.2, -0.15) is 5.10 Å². The van der Waals surface area contributed by atoms with Crippen molar-refractivity contribution in [3.8, 4) is 5.88 Å². The number of benzene rings is 1. The molecule has 3 N–H and O–H groups in total. The van der Waals surface area contributed by atoms with Gasteiger partial charge in [0.05, 0.1) is 12.8 Å². The summed E-state index contributed by atoms with van der Waals surface area (Å²) in [5, 5.41) is 13.0. The molecule has 148 valence electrons. The molecule has 8 nitrogen and oxygen atoms in total. The minimum Gasteiger partial charge on any atom is -0.477 e. The highest BCUT2D eigenvalue weighted by atomic mass is 32.2. The molecule has 0 bridgehead atoms. The number of nitrogens with zero attached hydrogens (tertiary/aromatic N) is 3. The fraction of sp³-hybridized carbons (Fsp3) is 0.474. The van der Waals surface area contributed by atoms with E-state index in [1.165, 1.54) is 28.5 Å². The average Bonchev–Trinajstić information content (AvgIpc) is 3.39. The molecule has 1 aliphatic heterocycles. The molecule has 3 aliphatic rings. The third kappa shape index (κ3) is 2.89. The quantitative estimate of drug-likeness (QED) is 0.805. The summed E-state index contributed by atoms with van der Waals surface area (Å²) < 4.78 is 24.0. The van der Waals surface area contributed by atoms with Crippen LogP contribution in [0.2, 0.25) is 0 Å². The minimum atomic E-state index is -3.45. The maximum absolute atomic E-state index is 13.0. The average molecular weight is 401 g/mol. The third-order valence-electron chi connectivity index (χ3n) is 5.75. The first-order valence-corrected chi connectivity index (χ1v) is 11.3. The first-order chi connectivity index (χ1) is 13.5. The molecule has 28 heavy (non-hydrogen) atoms. The second kappa shape index (κ2) is 6.59. The zero-order valence-electron chi connectivity index (χ0n) is 15.6. The lowest BCUT2D eigenvalue weighted by molar-refractivity contribution is 0.224. The summed E-state index contributed by atoms with van der Waals surface area (Å²) in [4.78, 5) is 12.9. The van der Waals surface area contributed by atoms with Gasteiger partial charge in [-0.3, -0.25) is 0 Å². The summed E-state index contributed by atoms with van der Waals surface area (Å²) in [6.45, 7) is 1.17. The molecule has 0 saturated heterocycles. The van der Waals surface area contributed by atoms with E-state index in [1.54, 1.807) is 4.68 Å². The highest BCUT2D eigenvalue weighted by Gasteiger charge is 2.27. The van der Waals surface area contributed by atoms with E-state index in [1.807, 2.05) is 0 Å². The Morgan fingerprint density at radius 3 is 2.61 bits per heavy atom. The fourth-order valence-electron chi connectivity index (χ4n) is 4.51. The minimum absolute atomic E-state index is 0.172. The molecular weight excluding hydrogens is 378 g/mol. The van der Waals surface area contributed by atoms with Crippen molar-refractivity contribution in [3.63, 3.8) is 0 Å². The number of fused-ring (bicyclic) bond motifs is 3. The highest BCUT2D eigenvalue weighted by molar-refractivity contribution is 7.91. The standard InChI is InChI=1S/C19H23N5O3S/c20-28(26,16-11-21-24-8-3-9-27-18(16)24)23-19(25)22-17-14-6-1-4-12(14)10-13-5-2-7-15(13)17/h10-11H,1-9H2,(H3,20,22,23,25,26)/t28-/m1/s1. The van der Waals surface area contributed by atoms with Crippen LogP contribution in [0.25, 0.3) is 0 Å². The molecule has 2 aliphatic carbocycles. The van der Waals surface area contributed by atoms with Crippen molar-refractivity contribution in [1.82, 2.24) is 9.78 Å². The zero-order valence-corrected chi connectivity index (χ0v) is 16.4. The molecule has 2 heterocycles. The summed E-state index contributed by atoms with van der Waals surface area (Å²) in [7, 11) is -3.45. The number of nitrogens with two attached hydrogens (primary N) is 1. The largest absolute Gasteiger partial charge is 0.477 e. The topological polar surface area (TPSA) is 112 Å². The first-order valence-electron chi connectivity index (χ1n) is 9.74. The summed E-state index contributed by atoms with van der Waals surface area (Å²) >= 11 is 0. The maximum atomic E-state index is 13.0. The van der Waals surface area contributed by atoms with E-state index >= 15 is 0 Å². The normalized spacial score (nSPS) is 19.2. The Kier molecular flexibility index (Phi) is 4.17. The predicted molar refractivity (Wildman–Crippen MR) is 105 cm³/mol. The molecule has 0 spiro atoms. The SMILES string of the molecule is N[S@@](=O)(=NC(=O)Nc1c2c(cc3c1CCC3)CCC2)c1cnn2c1OCCC2. The maximum Gasteiger partial charge on any atom is 0.354 e. The van der Waals surface area contributed by atoms with E-state index in [0.29, 0.717) is 19.0 Å². The number of aryl methyl sites for hydroxylation is 3. The summed E-state index contributed by atoms with van der Waals surface area (Å²) in [6, 6.07) is 1.61. The Morgan fingerprint density at radius 2 is 1.89 bits per heavy atom. The van der Waals surface area contributed by atoms with Gasteiger partial charge in [-0.05, 0) is 60.8 Å². The van der Waals surface area contributed by atoms with Gasteiger partial charge in [0, 0.05) is 18.7 Å². The number of carbonyl (C=O) groups excluding carboxylic acids is 1. The van der Waals surface area contributed by atoms with Crippen molar-refractivity contribution in [2.45, 2.75) is 56.4 Å². The van der Waals surface area contributed by atoms with Crippen LogP contribution in [-0.2, 0) is 42.1 Å². The van der Waals surface area contributed by atoms with E-state index in [2.05, 4.69) is 20.8 Å². The molecule has 0 unspecified atom stereocenters. The number of urea groups is 1. The molecule has 1 atom stereocenters. The number of hydrogen-bond acceptors (Lipinski definition) is 4. The third-order valence-corrected chi connectivity index (χ3v) is 7.10. The second-order valence-electron chi connectivity index (χ2n) is 7.56. The van der Waals surface area contributed by atoms with Crippen LogP contribution >= 0.6 is 0 Å². The van der Waals surface area contributed by atoms with Crippen molar-refractivity contribution < 1.29 is 13.7 Å². The van der Waals surface area contributed by atoms with E-state index in [0.717, 1.165) is 50.6 Å². The second-order valence-corrected chi connectivity index (χ2v) is 9.32. The van der Waals surface area contributed by atoms with Crippen LogP contribution in [0.4, 0.5) is 10.5 Å². The van der Waals surface area contributed by atoms with E-state index in [9.17, 15) is 9.00 Å². The van der Waals surface area contributed by atoms with Gasteiger partial charge in [-0.25, -0.2) is 18.8 Å². The Hall–Kier alpha value is -2.39. The molecule has 0 fully saturated rings. The smallest absolute Gasteiger partial charge is 0.354 e. The van der Waals surface area contributed by atoms with Crippen LogP contribution < -0.4 is 15.2 Å². The van der Waals surface area contributed by atoms with Crippen LogP contribution in [-0.4, -0.2) is 26.6 Å².